The van der Waals surface area contributed by atoms with Crippen molar-refractivity contribution in [2.24, 2.45) is 0 Å². The number of rotatable bonds is 8. The van der Waals surface area contributed by atoms with Crippen LogP contribution in [0.1, 0.15) is 53.4 Å². The van der Waals surface area contributed by atoms with Gasteiger partial charge in [-0.2, -0.15) is 0 Å². The van der Waals surface area contributed by atoms with E-state index in [2.05, 4.69) is 15.3 Å². The van der Waals surface area contributed by atoms with E-state index in [0.29, 0.717) is 31.0 Å². The number of amides is 2. The maximum absolute atomic E-state index is 15.5. The van der Waals surface area contributed by atoms with Crippen LogP contribution in [0.25, 0.3) is 16.8 Å². The molecular formula is C28H28F3N7O3. The van der Waals surface area contributed by atoms with Crippen LogP contribution in [0.3, 0.4) is 0 Å². The number of alkyl halides is 2. The lowest BCUT2D eigenvalue weighted by molar-refractivity contribution is -0.133. The maximum Gasteiger partial charge on any atom is 0.264 e. The van der Waals surface area contributed by atoms with Crippen molar-refractivity contribution in [3.05, 3.63) is 71.7 Å². The number of likely N-dealkylation sites (tertiary alicyclic amines) is 1. The van der Waals surface area contributed by atoms with Gasteiger partial charge in [-0.3, -0.25) is 14.0 Å². The van der Waals surface area contributed by atoms with Gasteiger partial charge in [0.2, 0.25) is 5.91 Å². The number of piperidine rings is 1. The van der Waals surface area contributed by atoms with Crippen molar-refractivity contribution in [2.75, 3.05) is 37.9 Å². The molecule has 0 bridgehead atoms. The average Bonchev–Trinajstić information content (AvgIpc) is 3.36. The molecular weight excluding hydrogens is 539 g/mol. The van der Waals surface area contributed by atoms with E-state index in [-0.39, 0.29) is 52.3 Å². The van der Waals surface area contributed by atoms with Gasteiger partial charge in [-0.15, -0.1) is 0 Å². The molecule has 1 saturated heterocycles. The van der Waals surface area contributed by atoms with Gasteiger partial charge in [0.25, 0.3) is 12.3 Å². The molecule has 1 aliphatic heterocycles. The van der Waals surface area contributed by atoms with E-state index in [9.17, 15) is 18.4 Å². The lowest BCUT2D eigenvalue weighted by Gasteiger charge is -2.32. The fourth-order valence-electron chi connectivity index (χ4n) is 5.01. The smallest absolute Gasteiger partial charge is 0.264 e. The largest absolute Gasteiger partial charge is 0.384 e. The fraction of sp³-hybridized carbons (Fsp3) is 0.321. The van der Waals surface area contributed by atoms with E-state index in [0.717, 1.165) is 37.2 Å². The molecule has 0 aliphatic carbocycles. The van der Waals surface area contributed by atoms with Gasteiger partial charge in [0, 0.05) is 61.4 Å². The highest BCUT2D eigenvalue weighted by Crippen LogP contribution is 2.35. The van der Waals surface area contributed by atoms with Crippen molar-refractivity contribution in [2.45, 2.75) is 31.6 Å². The van der Waals surface area contributed by atoms with Gasteiger partial charge in [-0.1, -0.05) is 0 Å². The number of imidazole rings is 1. The Morgan fingerprint density at radius 3 is 2.78 bits per heavy atom. The maximum atomic E-state index is 15.5. The SMILES string of the molecule is COCCC(=O)N1CCC[C@@H](c2nc(-c3ccc(C(=O)Nc4cc(C(F)F)ccn4)cc3F)c3c(N)nccn23)C1. The predicted molar refractivity (Wildman–Crippen MR) is 145 cm³/mol. The summed E-state index contributed by atoms with van der Waals surface area (Å²) in [7, 11) is 1.55. The topological polar surface area (TPSA) is 128 Å². The molecule has 5 rings (SSSR count). The summed E-state index contributed by atoms with van der Waals surface area (Å²) in [6.07, 6.45) is 3.49. The molecule has 4 heterocycles. The first-order chi connectivity index (χ1) is 19.8. The second-order valence-corrected chi connectivity index (χ2v) is 9.70. The third-order valence-corrected chi connectivity index (χ3v) is 7.03. The molecule has 0 unspecified atom stereocenters. The van der Waals surface area contributed by atoms with E-state index >= 15 is 4.39 Å². The van der Waals surface area contributed by atoms with Crippen LogP contribution < -0.4 is 11.1 Å². The van der Waals surface area contributed by atoms with E-state index in [1.54, 1.807) is 22.6 Å². The molecule has 1 fully saturated rings. The number of nitrogens with one attached hydrogen (secondary N) is 1. The Bertz CT molecular complexity index is 1590. The van der Waals surface area contributed by atoms with Crippen molar-refractivity contribution in [1.82, 2.24) is 24.3 Å². The molecule has 1 aromatic carbocycles. The molecule has 4 aromatic rings. The molecule has 214 valence electrons. The van der Waals surface area contributed by atoms with Gasteiger partial charge in [-0.25, -0.2) is 28.1 Å². The van der Waals surface area contributed by atoms with Crippen LogP contribution in [0.15, 0.2) is 48.9 Å². The highest BCUT2D eigenvalue weighted by Gasteiger charge is 2.30. The summed E-state index contributed by atoms with van der Waals surface area (Å²) in [6.45, 7) is 1.43. The van der Waals surface area contributed by atoms with Crippen LogP contribution >= 0.6 is 0 Å². The zero-order valence-corrected chi connectivity index (χ0v) is 22.2. The number of aromatic nitrogens is 4. The molecule has 1 atom stereocenters. The number of hydrogen-bond acceptors (Lipinski definition) is 7. The first kappa shape index (κ1) is 28.0. The molecule has 41 heavy (non-hydrogen) atoms. The van der Waals surface area contributed by atoms with Crippen LogP contribution in [-0.4, -0.2) is 62.9 Å². The minimum Gasteiger partial charge on any atom is -0.384 e. The second-order valence-electron chi connectivity index (χ2n) is 9.70. The summed E-state index contributed by atoms with van der Waals surface area (Å²) in [5.41, 5.74) is 6.65. The average molecular weight is 568 g/mol. The summed E-state index contributed by atoms with van der Waals surface area (Å²) in [5, 5.41) is 2.41. The summed E-state index contributed by atoms with van der Waals surface area (Å²) in [5.74, 6) is -0.884. The van der Waals surface area contributed by atoms with Crippen LogP contribution in [-0.2, 0) is 9.53 Å². The van der Waals surface area contributed by atoms with Gasteiger partial charge in [0.05, 0.1) is 13.0 Å². The van der Waals surface area contributed by atoms with Crippen molar-refractivity contribution < 1.29 is 27.5 Å². The number of hydrogen-bond donors (Lipinski definition) is 2. The first-order valence-corrected chi connectivity index (χ1v) is 13.0. The van der Waals surface area contributed by atoms with Crippen molar-refractivity contribution in [3.8, 4) is 11.3 Å². The number of nitrogen functional groups attached to an aromatic ring is 1. The highest BCUT2D eigenvalue weighted by atomic mass is 19.3. The van der Waals surface area contributed by atoms with E-state index in [1.807, 2.05) is 0 Å². The van der Waals surface area contributed by atoms with Gasteiger partial charge < -0.3 is 20.7 Å². The molecule has 3 N–H and O–H groups in total. The van der Waals surface area contributed by atoms with Crippen LogP contribution in [0.4, 0.5) is 24.8 Å². The van der Waals surface area contributed by atoms with Gasteiger partial charge in [0.1, 0.15) is 34.5 Å². The number of carbonyl (C=O) groups is 2. The van der Waals surface area contributed by atoms with E-state index in [4.69, 9.17) is 15.5 Å². The molecule has 10 nitrogen and oxygen atoms in total. The van der Waals surface area contributed by atoms with Crippen LogP contribution in [0.5, 0.6) is 0 Å². The molecule has 3 aromatic heterocycles. The number of fused-ring (bicyclic) bond motifs is 1. The molecule has 0 spiro atoms. The van der Waals surface area contributed by atoms with Gasteiger partial charge in [-0.05, 0) is 43.2 Å². The summed E-state index contributed by atoms with van der Waals surface area (Å²) in [4.78, 5) is 40.0. The number of halogens is 3. The predicted octanol–water partition coefficient (Wildman–Crippen LogP) is 4.45. The third-order valence-electron chi connectivity index (χ3n) is 7.03. The highest BCUT2D eigenvalue weighted by molar-refractivity contribution is 6.04. The van der Waals surface area contributed by atoms with Crippen molar-refractivity contribution in [3.63, 3.8) is 0 Å². The Morgan fingerprint density at radius 1 is 1.20 bits per heavy atom. The summed E-state index contributed by atoms with van der Waals surface area (Å²) >= 11 is 0. The van der Waals surface area contributed by atoms with E-state index < -0.39 is 18.1 Å². The number of nitrogens with two attached hydrogens (primary N) is 1. The zero-order valence-electron chi connectivity index (χ0n) is 22.2. The number of anilines is 2. The Hall–Kier alpha value is -4.52. The molecule has 0 radical (unpaired) electrons. The quantitative estimate of drug-likeness (QED) is 0.322. The molecule has 13 heteroatoms. The number of pyridine rings is 1. The number of nitrogens with zero attached hydrogens (tertiary/aromatic N) is 5. The lowest BCUT2D eigenvalue weighted by atomic mass is 9.97. The Labute approximate surface area is 233 Å². The van der Waals surface area contributed by atoms with Crippen molar-refractivity contribution in [1.29, 1.82) is 0 Å². The molecule has 0 saturated carbocycles. The minimum atomic E-state index is -2.73. The number of methoxy groups -OCH3 is 1. The Kier molecular flexibility index (Phi) is 8.15. The Morgan fingerprint density at radius 2 is 2.02 bits per heavy atom. The number of benzene rings is 1. The first-order valence-electron chi connectivity index (χ1n) is 13.0. The molecule has 2 amide bonds. The summed E-state index contributed by atoms with van der Waals surface area (Å²) in [6, 6.07) is 6.05. The monoisotopic (exact) mass is 567 g/mol. The normalized spacial score (nSPS) is 15.4. The second kappa shape index (κ2) is 11.9. The minimum absolute atomic E-state index is 0.00476. The summed E-state index contributed by atoms with van der Waals surface area (Å²) < 4.78 is 48.3. The fourth-order valence-corrected chi connectivity index (χ4v) is 5.01. The van der Waals surface area contributed by atoms with E-state index in [1.165, 1.54) is 18.3 Å². The van der Waals surface area contributed by atoms with Crippen LogP contribution in [0, 0.1) is 5.82 Å². The Balaban J connectivity index is 1.44. The molecule has 1 aliphatic rings. The standard InChI is InChI=1S/C28H28F3N7O3/c1-41-12-7-22(39)37-10-2-3-18(15-37)27-36-23(24-26(32)34-9-11-38(24)27)19-5-4-17(13-20(19)29)28(40)35-21-14-16(25(30)31)6-8-33-21/h4-6,8-9,11,13-14,18,25H,2-3,7,10,12,15H2,1H3,(H2,32,34)(H,33,35,40)/t18-/m1/s1. The number of ether oxygens (including phenoxy) is 1. The lowest BCUT2D eigenvalue weighted by Crippen LogP contribution is -2.39. The van der Waals surface area contributed by atoms with Crippen molar-refractivity contribution >= 4 is 29.0 Å². The van der Waals surface area contributed by atoms with Gasteiger partial charge >= 0.3 is 0 Å². The van der Waals surface area contributed by atoms with Gasteiger partial charge in [0.15, 0.2) is 0 Å². The third kappa shape index (κ3) is 5.85. The van der Waals surface area contributed by atoms with Crippen LogP contribution in [0.2, 0.25) is 0 Å². The zero-order chi connectivity index (χ0) is 29.1. The number of carbonyl (C=O) groups excluding carboxylic acids is 2.